The van der Waals surface area contributed by atoms with Gasteiger partial charge >= 0.3 is 0 Å². The number of nitrogens with two attached hydrogens (primary N) is 1. The summed E-state index contributed by atoms with van der Waals surface area (Å²) in [5, 5.41) is 0. The van der Waals surface area contributed by atoms with Crippen molar-refractivity contribution in [2.45, 2.75) is 58.0 Å². The van der Waals surface area contributed by atoms with Gasteiger partial charge in [-0.1, -0.05) is 20.3 Å². The maximum Gasteiger partial charge on any atom is 0.227 e. The Balaban J connectivity index is 1.97. The van der Waals surface area contributed by atoms with Gasteiger partial charge < -0.3 is 15.5 Å². The number of carbonyl (C=O) groups is 4. The van der Waals surface area contributed by atoms with Crippen LogP contribution in [0.5, 0.6) is 0 Å². The maximum atomic E-state index is 12.4. The van der Waals surface area contributed by atoms with Crippen molar-refractivity contribution in [1.29, 1.82) is 0 Å². The number of fused-ring (bicyclic) bond motifs is 1. The summed E-state index contributed by atoms with van der Waals surface area (Å²) in [4.78, 5) is 51.2. The smallest absolute Gasteiger partial charge is 0.227 e. The number of ketones is 1. The lowest BCUT2D eigenvalue weighted by Crippen LogP contribution is -2.43. The molecule has 2 aliphatic rings. The molecule has 0 aromatic carbocycles. The van der Waals surface area contributed by atoms with Gasteiger partial charge in [0, 0.05) is 18.9 Å². The fourth-order valence-electron chi connectivity index (χ4n) is 3.37. The normalized spacial score (nSPS) is 24.2. The van der Waals surface area contributed by atoms with Gasteiger partial charge in [0.2, 0.25) is 17.7 Å². The minimum Gasteiger partial charge on any atom is -0.369 e. The van der Waals surface area contributed by atoms with Crippen LogP contribution in [0.3, 0.4) is 0 Å². The summed E-state index contributed by atoms with van der Waals surface area (Å²) in [6.07, 6.45) is 4.49. The Bertz CT molecular complexity index is 534. The second-order valence-electron chi connectivity index (χ2n) is 6.67. The molecule has 2 rings (SSSR count). The molecule has 7 nitrogen and oxygen atoms in total. The van der Waals surface area contributed by atoms with Gasteiger partial charge in [-0.2, -0.15) is 0 Å². The molecule has 7 heteroatoms. The fourth-order valence-corrected chi connectivity index (χ4v) is 3.37. The maximum absolute atomic E-state index is 12.4. The lowest BCUT2D eigenvalue weighted by atomic mass is 10.0. The highest BCUT2D eigenvalue weighted by atomic mass is 16.2. The first kappa shape index (κ1) is 18.4. The van der Waals surface area contributed by atoms with Gasteiger partial charge in [-0.05, 0) is 19.3 Å². The van der Waals surface area contributed by atoms with Crippen molar-refractivity contribution < 1.29 is 19.2 Å². The van der Waals surface area contributed by atoms with Crippen molar-refractivity contribution in [2.75, 3.05) is 13.1 Å². The number of hydrogen-bond donors (Lipinski definition) is 1. The van der Waals surface area contributed by atoms with E-state index in [4.69, 9.17) is 5.73 Å². The van der Waals surface area contributed by atoms with Crippen LogP contribution in [0.25, 0.3) is 0 Å². The molecule has 3 atom stereocenters. The molecule has 133 valence electrons. The Morgan fingerprint density at radius 3 is 2.67 bits per heavy atom. The average molecular weight is 336 g/mol. The molecule has 3 amide bonds. The molecule has 0 aromatic rings. The van der Waals surface area contributed by atoms with Gasteiger partial charge in [-0.25, -0.2) is 0 Å². The number of unbranched alkanes of at least 4 members (excludes halogenated alkanes) is 1. The van der Waals surface area contributed by atoms with E-state index < -0.39 is 17.9 Å². The topological polar surface area (TPSA) is 101 Å². The molecule has 2 saturated heterocycles. The third kappa shape index (κ3) is 3.76. The molecule has 0 aromatic heterocycles. The first-order valence-electron chi connectivity index (χ1n) is 8.62. The number of nitrogens with zero attached hydrogens (tertiary/aromatic N) is 2. The Labute approximate surface area is 142 Å². The van der Waals surface area contributed by atoms with E-state index in [1.807, 2.05) is 6.92 Å². The second kappa shape index (κ2) is 7.77. The monoisotopic (exact) mass is 336 g/mol. The SMILES string of the molecule is CCCCC(=O)N1CC(=O)C2C1CCN2C(=O)[CH]CC(C)C(N)=O. The molecule has 0 bridgehead atoms. The molecule has 0 aliphatic carbocycles. The lowest BCUT2D eigenvalue weighted by Gasteiger charge is -2.24. The molecule has 0 saturated carbocycles. The number of carbonyl (C=O) groups excluding carboxylic acids is 4. The van der Waals surface area contributed by atoms with Gasteiger partial charge in [0.25, 0.3) is 0 Å². The van der Waals surface area contributed by atoms with Gasteiger partial charge in [-0.15, -0.1) is 0 Å². The van der Waals surface area contributed by atoms with Crippen molar-refractivity contribution in [1.82, 2.24) is 9.80 Å². The van der Waals surface area contributed by atoms with E-state index in [1.165, 1.54) is 11.3 Å². The first-order chi connectivity index (χ1) is 11.4. The zero-order chi connectivity index (χ0) is 17.9. The Hall–Kier alpha value is -1.92. The van der Waals surface area contributed by atoms with E-state index in [-0.39, 0.29) is 36.6 Å². The highest BCUT2D eigenvalue weighted by molar-refractivity contribution is 5.98. The van der Waals surface area contributed by atoms with E-state index in [9.17, 15) is 19.2 Å². The number of hydrogen-bond acceptors (Lipinski definition) is 4. The Morgan fingerprint density at radius 2 is 2.04 bits per heavy atom. The van der Waals surface area contributed by atoms with Crippen LogP contribution in [-0.2, 0) is 19.2 Å². The molecule has 2 fully saturated rings. The molecule has 2 N–H and O–H groups in total. The lowest BCUT2D eigenvalue weighted by molar-refractivity contribution is -0.133. The van der Waals surface area contributed by atoms with E-state index in [1.54, 1.807) is 11.8 Å². The summed E-state index contributed by atoms with van der Waals surface area (Å²) < 4.78 is 0. The number of Topliss-reactive ketones (excluding diaryl/α,β-unsaturated/α-hetero) is 1. The van der Waals surface area contributed by atoms with Crippen LogP contribution in [0.2, 0.25) is 0 Å². The summed E-state index contributed by atoms with van der Waals surface area (Å²) in [6, 6.07) is -0.740. The predicted molar refractivity (Wildman–Crippen MR) is 87.4 cm³/mol. The van der Waals surface area contributed by atoms with Crippen LogP contribution < -0.4 is 5.73 Å². The van der Waals surface area contributed by atoms with Crippen molar-refractivity contribution in [3.8, 4) is 0 Å². The Morgan fingerprint density at radius 1 is 1.33 bits per heavy atom. The molecular weight excluding hydrogens is 310 g/mol. The first-order valence-corrected chi connectivity index (χ1v) is 8.62. The van der Waals surface area contributed by atoms with Crippen molar-refractivity contribution in [2.24, 2.45) is 11.7 Å². The summed E-state index contributed by atoms with van der Waals surface area (Å²) in [5.74, 6) is -1.21. The van der Waals surface area contributed by atoms with Crippen LogP contribution >= 0.6 is 0 Å². The van der Waals surface area contributed by atoms with Crippen molar-refractivity contribution >= 4 is 23.5 Å². The molecule has 2 heterocycles. The van der Waals surface area contributed by atoms with Crippen LogP contribution in [-0.4, -0.2) is 58.5 Å². The van der Waals surface area contributed by atoms with E-state index >= 15 is 0 Å². The molecule has 0 spiro atoms. The third-order valence-corrected chi connectivity index (χ3v) is 4.90. The van der Waals surface area contributed by atoms with Crippen LogP contribution in [0.1, 0.15) is 46.0 Å². The molecular formula is C17H26N3O4. The summed E-state index contributed by atoms with van der Waals surface area (Å²) in [5.41, 5.74) is 5.19. The third-order valence-electron chi connectivity index (χ3n) is 4.90. The van der Waals surface area contributed by atoms with Crippen molar-refractivity contribution in [3.63, 3.8) is 0 Å². The van der Waals surface area contributed by atoms with Crippen LogP contribution in [0, 0.1) is 12.3 Å². The predicted octanol–water partition coefficient (Wildman–Crippen LogP) is 0.273. The van der Waals surface area contributed by atoms with E-state index in [0.29, 0.717) is 19.4 Å². The summed E-state index contributed by atoms with van der Waals surface area (Å²) in [7, 11) is 0. The summed E-state index contributed by atoms with van der Waals surface area (Å²) >= 11 is 0. The molecule has 3 unspecified atom stereocenters. The van der Waals surface area contributed by atoms with Gasteiger partial charge in [0.05, 0.1) is 19.0 Å². The van der Waals surface area contributed by atoms with Gasteiger partial charge in [0.1, 0.15) is 6.04 Å². The highest BCUT2D eigenvalue weighted by Crippen LogP contribution is 2.31. The fraction of sp³-hybridized carbons (Fsp3) is 0.706. The number of primary amides is 1. The van der Waals surface area contributed by atoms with E-state index in [0.717, 1.165) is 12.8 Å². The van der Waals surface area contributed by atoms with Gasteiger partial charge in [0.15, 0.2) is 5.78 Å². The molecule has 1 radical (unpaired) electrons. The molecule has 24 heavy (non-hydrogen) atoms. The average Bonchev–Trinajstić information content (AvgIpc) is 3.11. The standard InChI is InChI=1S/C17H26N3O4/c1-3-4-5-14(22)20-10-13(21)16-12(20)8-9-19(16)15(23)7-6-11(2)17(18)24/h7,11-12,16H,3-6,8-10H2,1-2H3,(H2,18,24). The second-order valence-corrected chi connectivity index (χ2v) is 6.67. The minimum absolute atomic E-state index is 0.00155. The zero-order valence-electron chi connectivity index (χ0n) is 14.4. The Kier molecular flexibility index (Phi) is 5.96. The van der Waals surface area contributed by atoms with Crippen molar-refractivity contribution in [3.05, 3.63) is 6.42 Å². The highest BCUT2D eigenvalue weighted by Gasteiger charge is 2.50. The zero-order valence-corrected chi connectivity index (χ0v) is 14.4. The van der Waals surface area contributed by atoms with Crippen LogP contribution in [0.4, 0.5) is 0 Å². The number of likely N-dealkylation sites (tertiary alicyclic amines) is 2. The largest absolute Gasteiger partial charge is 0.369 e. The van der Waals surface area contributed by atoms with Crippen LogP contribution in [0.15, 0.2) is 0 Å². The quantitative estimate of drug-likeness (QED) is 0.721. The number of amides is 3. The van der Waals surface area contributed by atoms with Gasteiger partial charge in [-0.3, -0.25) is 19.2 Å². The summed E-state index contributed by atoms with van der Waals surface area (Å²) in [6.45, 7) is 4.23. The minimum atomic E-state index is -0.539. The molecule has 2 aliphatic heterocycles. The number of rotatable bonds is 7. The van der Waals surface area contributed by atoms with E-state index in [2.05, 4.69) is 0 Å².